The van der Waals surface area contributed by atoms with Gasteiger partial charge in [-0.3, -0.25) is 0 Å². The van der Waals surface area contributed by atoms with Gasteiger partial charge in [-0.25, -0.2) is 14.6 Å². The standard InChI is InChI=1S/C13H22N4O3/c1-4-13(2,3)8-15-12(20)14-5-6-17-7-10(11(18)19)16-9-17/h7,9H,4-6,8H2,1-3H3,(H,18,19)(H2,14,15,20). The summed E-state index contributed by atoms with van der Waals surface area (Å²) in [6.45, 7) is 7.76. The summed E-state index contributed by atoms with van der Waals surface area (Å²) in [7, 11) is 0. The van der Waals surface area contributed by atoms with Gasteiger partial charge in [0.2, 0.25) is 0 Å². The average molecular weight is 282 g/mol. The van der Waals surface area contributed by atoms with E-state index in [9.17, 15) is 9.59 Å². The highest BCUT2D eigenvalue weighted by molar-refractivity contribution is 5.84. The Morgan fingerprint density at radius 2 is 2.10 bits per heavy atom. The van der Waals surface area contributed by atoms with Crippen molar-refractivity contribution in [1.29, 1.82) is 0 Å². The first-order chi connectivity index (χ1) is 9.34. The third-order valence-corrected chi connectivity index (χ3v) is 3.19. The topological polar surface area (TPSA) is 96.3 Å². The van der Waals surface area contributed by atoms with Gasteiger partial charge in [-0.15, -0.1) is 0 Å². The lowest BCUT2D eigenvalue weighted by Gasteiger charge is -2.22. The second-order valence-corrected chi connectivity index (χ2v) is 5.43. The number of rotatable bonds is 7. The van der Waals surface area contributed by atoms with Gasteiger partial charge >= 0.3 is 12.0 Å². The number of imidazole rings is 1. The van der Waals surface area contributed by atoms with Gasteiger partial charge in [-0.1, -0.05) is 20.8 Å². The fourth-order valence-corrected chi connectivity index (χ4v) is 1.40. The van der Waals surface area contributed by atoms with Gasteiger partial charge in [0.15, 0.2) is 5.69 Å². The quantitative estimate of drug-likeness (QED) is 0.702. The van der Waals surface area contributed by atoms with Gasteiger partial charge in [-0.2, -0.15) is 0 Å². The Kier molecular flexibility index (Phi) is 5.54. The Hall–Kier alpha value is -2.05. The van der Waals surface area contributed by atoms with Crippen molar-refractivity contribution in [3.8, 4) is 0 Å². The van der Waals surface area contributed by atoms with Crippen molar-refractivity contribution in [3.63, 3.8) is 0 Å². The summed E-state index contributed by atoms with van der Waals surface area (Å²) in [4.78, 5) is 25.9. The monoisotopic (exact) mass is 282 g/mol. The summed E-state index contributed by atoms with van der Waals surface area (Å²) in [6, 6.07) is -0.218. The molecule has 20 heavy (non-hydrogen) atoms. The molecule has 7 heteroatoms. The zero-order valence-electron chi connectivity index (χ0n) is 12.1. The summed E-state index contributed by atoms with van der Waals surface area (Å²) in [5, 5.41) is 14.3. The van der Waals surface area contributed by atoms with E-state index in [0.29, 0.717) is 19.6 Å². The largest absolute Gasteiger partial charge is 0.476 e. The average Bonchev–Trinajstić information content (AvgIpc) is 2.85. The molecule has 1 aromatic heterocycles. The van der Waals surface area contributed by atoms with Gasteiger partial charge in [0.25, 0.3) is 0 Å². The Labute approximate surface area is 118 Å². The normalized spacial score (nSPS) is 11.2. The minimum atomic E-state index is -1.06. The lowest BCUT2D eigenvalue weighted by atomic mass is 9.90. The third-order valence-electron chi connectivity index (χ3n) is 3.19. The molecule has 0 saturated carbocycles. The second-order valence-electron chi connectivity index (χ2n) is 5.43. The van der Waals surface area contributed by atoms with E-state index in [1.807, 2.05) is 0 Å². The zero-order valence-corrected chi connectivity index (χ0v) is 12.1. The lowest BCUT2D eigenvalue weighted by Crippen LogP contribution is -2.41. The van der Waals surface area contributed by atoms with Crippen LogP contribution in [0.15, 0.2) is 12.5 Å². The maximum absolute atomic E-state index is 11.6. The Balaban J connectivity index is 2.26. The molecule has 0 aliphatic heterocycles. The number of carbonyl (C=O) groups excluding carboxylic acids is 1. The number of nitrogens with one attached hydrogen (secondary N) is 2. The van der Waals surface area contributed by atoms with Crippen LogP contribution in [0.2, 0.25) is 0 Å². The van der Waals surface area contributed by atoms with E-state index in [1.54, 1.807) is 4.57 Å². The minimum Gasteiger partial charge on any atom is -0.476 e. The van der Waals surface area contributed by atoms with Crippen LogP contribution in [0.5, 0.6) is 0 Å². The summed E-state index contributed by atoms with van der Waals surface area (Å²) in [6.07, 6.45) is 3.85. The van der Waals surface area contributed by atoms with Gasteiger partial charge < -0.3 is 20.3 Å². The number of carboxylic acid groups (broad SMARTS) is 1. The highest BCUT2D eigenvalue weighted by atomic mass is 16.4. The molecule has 0 aliphatic rings. The molecule has 0 unspecified atom stereocenters. The molecule has 0 fully saturated rings. The Bertz CT molecular complexity index is 468. The van der Waals surface area contributed by atoms with Crippen LogP contribution in [0.25, 0.3) is 0 Å². The highest BCUT2D eigenvalue weighted by Crippen LogP contribution is 2.17. The predicted octanol–water partition coefficient (Wildman–Crippen LogP) is 1.32. The molecule has 0 atom stereocenters. The van der Waals surface area contributed by atoms with Crippen molar-refractivity contribution in [3.05, 3.63) is 18.2 Å². The second kappa shape index (κ2) is 6.93. The van der Waals surface area contributed by atoms with Crippen LogP contribution >= 0.6 is 0 Å². The Morgan fingerprint density at radius 1 is 1.40 bits per heavy atom. The summed E-state index contributed by atoms with van der Waals surface area (Å²) in [5.41, 5.74) is 0.0806. The summed E-state index contributed by atoms with van der Waals surface area (Å²) in [5.74, 6) is -1.06. The van der Waals surface area contributed by atoms with Crippen molar-refractivity contribution in [2.45, 2.75) is 33.7 Å². The fraction of sp³-hybridized carbons (Fsp3) is 0.615. The SMILES string of the molecule is CCC(C)(C)CNC(=O)NCCn1cnc(C(=O)O)c1. The number of aromatic nitrogens is 2. The molecule has 1 aromatic rings. The molecular formula is C13H22N4O3. The molecule has 0 radical (unpaired) electrons. The number of hydrogen-bond acceptors (Lipinski definition) is 3. The van der Waals surface area contributed by atoms with Crippen LogP contribution in [0, 0.1) is 5.41 Å². The molecule has 0 saturated heterocycles. The molecule has 3 N–H and O–H groups in total. The number of carboxylic acids is 1. The Morgan fingerprint density at radius 3 is 2.65 bits per heavy atom. The first-order valence-electron chi connectivity index (χ1n) is 6.61. The van der Waals surface area contributed by atoms with E-state index >= 15 is 0 Å². The number of nitrogens with zero attached hydrogens (tertiary/aromatic N) is 2. The van der Waals surface area contributed by atoms with Crippen molar-refractivity contribution < 1.29 is 14.7 Å². The first kappa shape index (κ1) is 16.0. The van der Waals surface area contributed by atoms with Crippen molar-refractivity contribution in [2.24, 2.45) is 5.41 Å². The van der Waals surface area contributed by atoms with Crippen molar-refractivity contribution in [1.82, 2.24) is 20.2 Å². The fourth-order valence-electron chi connectivity index (χ4n) is 1.40. The summed E-state index contributed by atoms with van der Waals surface area (Å²) >= 11 is 0. The van der Waals surface area contributed by atoms with E-state index in [0.717, 1.165) is 6.42 Å². The number of urea groups is 1. The number of aromatic carboxylic acids is 1. The van der Waals surface area contributed by atoms with Crippen LogP contribution in [0.1, 0.15) is 37.7 Å². The smallest absolute Gasteiger partial charge is 0.356 e. The van der Waals surface area contributed by atoms with Crippen LogP contribution in [-0.4, -0.2) is 39.7 Å². The van der Waals surface area contributed by atoms with E-state index in [2.05, 4.69) is 36.4 Å². The molecule has 1 heterocycles. The number of carbonyl (C=O) groups is 2. The van der Waals surface area contributed by atoms with Crippen LogP contribution in [0.4, 0.5) is 4.79 Å². The van der Waals surface area contributed by atoms with E-state index in [4.69, 9.17) is 5.11 Å². The minimum absolute atomic E-state index is 0.000790. The first-order valence-corrected chi connectivity index (χ1v) is 6.61. The molecule has 2 amide bonds. The van der Waals surface area contributed by atoms with Crippen molar-refractivity contribution in [2.75, 3.05) is 13.1 Å². The molecule has 0 aromatic carbocycles. The van der Waals surface area contributed by atoms with Gasteiger partial charge in [0.05, 0.1) is 6.33 Å². The lowest BCUT2D eigenvalue weighted by molar-refractivity contribution is 0.0691. The van der Waals surface area contributed by atoms with Crippen LogP contribution in [-0.2, 0) is 6.54 Å². The highest BCUT2D eigenvalue weighted by Gasteiger charge is 2.15. The van der Waals surface area contributed by atoms with Gasteiger partial charge in [-0.05, 0) is 11.8 Å². The van der Waals surface area contributed by atoms with E-state index in [1.165, 1.54) is 12.5 Å². The predicted molar refractivity (Wildman–Crippen MR) is 74.7 cm³/mol. The maximum Gasteiger partial charge on any atom is 0.356 e. The molecule has 0 spiro atoms. The molecule has 0 bridgehead atoms. The molecule has 112 valence electrons. The van der Waals surface area contributed by atoms with E-state index < -0.39 is 5.97 Å². The number of amides is 2. The molecule has 1 rings (SSSR count). The zero-order chi connectivity index (χ0) is 15.2. The van der Waals surface area contributed by atoms with Gasteiger partial charge in [0.1, 0.15) is 0 Å². The summed E-state index contributed by atoms with van der Waals surface area (Å²) < 4.78 is 1.62. The van der Waals surface area contributed by atoms with Gasteiger partial charge in [0, 0.05) is 25.8 Å². The molecular weight excluding hydrogens is 260 g/mol. The van der Waals surface area contributed by atoms with Crippen molar-refractivity contribution >= 4 is 12.0 Å². The maximum atomic E-state index is 11.6. The molecule has 7 nitrogen and oxygen atoms in total. The third kappa shape index (κ3) is 5.29. The number of hydrogen-bond donors (Lipinski definition) is 3. The van der Waals surface area contributed by atoms with Crippen LogP contribution < -0.4 is 10.6 Å². The van der Waals surface area contributed by atoms with E-state index in [-0.39, 0.29) is 17.1 Å². The van der Waals surface area contributed by atoms with Crippen LogP contribution in [0.3, 0.4) is 0 Å². The molecule has 0 aliphatic carbocycles.